The minimum absolute atomic E-state index is 0.0225. The summed E-state index contributed by atoms with van der Waals surface area (Å²) in [5.74, 6) is -1.46. The van der Waals surface area contributed by atoms with Crippen LogP contribution in [0.4, 0.5) is 11.4 Å². The van der Waals surface area contributed by atoms with E-state index in [-0.39, 0.29) is 21.2 Å². The number of benzene rings is 2. The number of nitro benzene ring substituents is 1. The number of aryl methyl sites for hydroxylation is 1. The van der Waals surface area contributed by atoms with Crippen molar-refractivity contribution in [2.24, 2.45) is 0 Å². The topological polar surface area (TPSA) is 129 Å². The van der Waals surface area contributed by atoms with Gasteiger partial charge in [0.05, 0.1) is 21.5 Å². The Morgan fingerprint density at radius 1 is 1.21 bits per heavy atom. The third-order valence-electron chi connectivity index (χ3n) is 3.14. The van der Waals surface area contributed by atoms with E-state index in [2.05, 4.69) is 4.72 Å². The molecule has 0 heterocycles. The second kappa shape index (κ2) is 6.46. The smallest absolute Gasteiger partial charge is 0.289 e. The minimum atomic E-state index is -4.18. The molecule has 8 nitrogen and oxygen atoms in total. The Morgan fingerprint density at radius 3 is 2.46 bits per heavy atom. The second-order valence-electron chi connectivity index (χ2n) is 4.79. The minimum Gasteiger partial charge on any atom is -0.545 e. The van der Waals surface area contributed by atoms with Crippen molar-refractivity contribution in [2.75, 3.05) is 4.72 Å². The Labute approximate surface area is 141 Å². The van der Waals surface area contributed by atoms with E-state index in [9.17, 15) is 28.4 Å². The van der Waals surface area contributed by atoms with Crippen LogP contribution >= 0.6 is 11.6 Å². The molecule has 0 spiro atoms. The van der Waals surface area contributed by atoms with Crippen LogP contribution < -0.4 is 9.83 Å². The number of nitrogens with zero attached hydrogens (tertiary/aromatic N) is 1. The van der Waals surface area contributed by atoms with Gasteiger partial charge in [0.15, 0.2) is 0 Å². The molecule has 2 aromatic rings. The lowest BCUT2D eigenvalue weighted by Crippen LogP contribution is -2.22. The number of nitrogens with one attached hydrogen (secondary N) is 1. The molecule has 2 rings (SSSR count). The van der Waals surface area contributed by atoms with Gasteiger partial charge in [-0.05, 0) is 36.2 Å². The standard InChI is InChI=1S/C14H11ClN2O6S/c1-8-2-3-9(14(18)19)6-12(8)16-24(22,23)10-4-5-11(15)13(7-10)17(20)21/h2-7,16H,1H3,(H,18,19)/p-1. The van der Waals surface area contributed by atoms with Crippen LogP contribution in [-0.4, -0.2) is 19.3 Å². The first-order chi connectivity index (χ1) is 11.1. The summed E-state index contributed by atoms with van der Waals surface area (Å²) in [4.78, 5) is 20.6. The van der Waals surface area contributed by atoms with Gasteiger partial charge in [0.25, 0.3) is 15.7 Å². The maximum absolute atomic E-state index is 12.4. The number of halogens is 1. The number of hydrogen-bond donors (Lipinski definition) is 1. The fraction of sp³-hybridized carbons (Fsp3) is 0.0714. The quantitative estimate of drug-likeness (QED) is 0.630. The molecule has 2 aromatic carbocycles. The summed E-state index contributed by atoms with van der Waals surface area (Å²) in [6, 6.07) is 6.81. The lowest BCUT2D eigenvalue weighted by Gasteiger charge is -2.13. The number of anilines is 1. The van der Waals surface area contributed by atoms with Gasteiger partial charge in [0.2, 0.25) is 0 Å². The number of hydrogen-bond acceptors (Lipinski definition) is 6. The molecule has 0 aliphatic rings. The molecule has 0 aliphatic carbocycles. The van der Waals surface area contributed by atoms with Crippen molar-refractivity contribution in [3.63, 3.8) is 0 Å². The SMILES string of the molecule is Cc1ccc(C(=O)[O-])cc1NS(=O)(=O)c1ccc(Cl)c([N+](=O)[O-])c1. The van der Waals surface area contributed by atoms with Crippen molar-refractivity contribution < 1.29 is 23.2 Å². The highest BCUT2D eigenvalue weighted by Gasteiger charge is 2.21. The molecule has 126 valence electrons. The highest BCUT2D eigenvalue weighted by atomic mass is 35.5. The molecule has 0 amide bonds. The Bertz CT molecular complexity index is 942. The monoisotopic (exact) mass is 369 g/mol. The van der Waals surface area contributed by atoms with E-state index in [0.717, 1.165) is 24.3 Å². The lowest BCUT2D eigenvalue weighted by molar-refractivity contribution is -0.384. The summed E-state index contributed by atoms with van der Waals surface area (Å²) >= 11 is 5.65. The van der Waals surface area contributed by atoms with E-state index >= 15 is 0 Å². The second-order valence-corrected chi connectivity index (χ2v) is 6.88. The van der Waals surface area contributed by atoms with Crippen LogP contribution in [0.5, 0.6) is 0 Å². The van der Waals surface area contributed by atoms with Crippen molar-refractivity contribution in [3.8, 4) is 0 Å². The zero-order chi connectivity index (χ0) is 18.1. The molecule has 0 bridgehead atoms. The molecular formula is C14H10ClN2O6S-. The predicted octanol–water partition coefficient (Wildman–Crippen LogP) is 1.72. The summed E-state index contributed by atoms with van der Waals surface area (Å²) in [6.07, 6.45) is 0. The first-order valence-electron chi connectivity index (χ1n) is 6.40. The largest absolute Gasteiger partial charge is 0.545 e. The molecule has 24 heavy (non-hydrogen) atoms. The number of nitro groups is 1. The summed E-state index contributed by atoms with van der Waals surface area (Å²) in [5.41, 5.74) is -0.276. The average Bonchev–Trinajstić information content (AvgIpc) is 2.49. The predicted molar refractivity (Wildman–Crippen MR) is 84.4 cm³/mol. The summed E-state index contributed by atoms with van der Waals surface area (Å²) in [6.45, 7) is 1.57. The van der Waals surface area contributed by atoms with Gasteiger partial charge >= 0.3 is 0 Å². The number of carbonyl (C=O) groups is 1. The summed E-state index contributed by atoms with van der Waals surface area (Å²) in [7, 11) is -4.18. The fourth-order valence-corrected chi connectivity index (χ4v) is 3.19. The van der Waals surface area contributed by atoms with Crippen LogP contribution in [0.1, 0.15) is 15.9 Å². The molecule has 0 fully saturated rings. The van der Waals surface area contributed by atoms with Crippen molar-refractivity contribution in [2.45, 2.75) is 11.8 Å². The molecule has 10 heteroatoms. The Kier molecular flexibility index (Phi) is 4.76. The number of aromatic carboxylic acids is 1. The van der Waals surface area contributed by atoms with Gasteiger partial charge in [0.1, 0.15) is 5.02 Å². The van der Waals surface area contributed by atoms with Crippen molar-refractivity contribution in [1.82, 2.24) is 0 Å². The first kappa shape index (κ1) is 17.7. The van der Waals surface area contributed by atoms with Crippen molar-refractivity contribution >= 4 is 39.0 Å². The molecule has 0 saturated carbocycles. The fourth-order valence-electron chi connectivity index (χ4n) is 1.86. The third-order valence-corrected chi connectivity index (χ3v) is 4.82. The van der Waals surface area contributed by atoms with Crippen molar-refractivity contribution in [3.05, 3.63) is 62.7 Å². The number of carboxylic acids is 1. The van der Waals surface area contributed by atoms with Crippen LogP contribution in [0.25, 0.3) is 0 Å². The maximum atomic E-state index is 12.4. The lowest BCUT2D eigenvalue weighted by atomic mass is 10.1. The molecular weight excluding hydrogens is 360 g/mol. The Balaban J connectivity index is 2.46. The summed E-state index contributed by atoms with van der Waals surface area (Å²) < 4.78 is 27.0. The van der Waals surface area contributed by atoms with E-state index in [1.54, 1.807) is 6.92 Å². The van der Waals surface area contributed by atoms with Crippen molar-refractivity contribution in [1.29, 1.82) is 0 Å². The van der Waals surface area contributed by atoms with Gasteiger partial charge in [-0.1, -0.05) is 23.7 Å². The summed E-state index contributed by atoms with van der Waals surface area (Å²) in [5, 5.41) is 21.5. The van der Waals surface area contributed by atoms with Crippen LogP contribution in [0.3, 0.4) is 0 Å². The Morgan fingerprint density at radius 2 is 1.88 bits per heavy atom. The highest BCUT2D eigenvalue weighted by Crippen LogP contribution is 2.28. The van der Waals surface area contributed by atoms with Crippen LogP contribution in [0.2, 0.25) is 5.02 Å². The third kappa shape index (κ3) is 3.63. The maximum Gasteiger partial charge on any atom is 0.289 e. The molecule has 1 N–H and O–H groups in total. The molecule has 0 saturated heterocycles. The van der Waals surface area contributed by atoms with E-state index in [4.69, 9.17) is 11.6 Å². The highest BCUT2D eigenvalue weighted by molar-refractivity contribution is 7.92. The molecule has 0 aromatic heterocycles. The zero-order valence-corrected chi connectivity index (χ0v) is 13.7. The molecule has 0 radical (unpaired) electrons. The number of carbonyl (C=O) groups excluding carboxylic acids is 1. The van der Waals surface area contributed by atoms with Crippen LogP contribution in [-0.2, 0) is 10.0 Å². The van der Waals surface area contributed by atoms with Gasteiger partial charge in [-0.15, -0.1) is 0 Å². The van der Waals surface area contributed by atoms with Gasteiger partial charge in [0, 0.05) is 6.07 Å². The number of rotatable bonds is 5. The van der Waals surface area contributed by atoms with E-state index < -0.39 is 26.6 Å². The van der Waals surface area contributed by atoms with E-state index in [0.29, 0.717) is 5.56 Å². The van der Waals surface area contributed by atoms with Gasteiger partial charge in [-0.3, -0.25) is 14.8 Å². The van der Waals surface area contributed by atoms with Crippen LogP contribution in [0.15, 0.2) is 41.3 Å². The normalized spacial score (nSPS) is 11.1. The van der Waals surface area contributed by atoms with E-state index in [1.165, 1.54) is 12.1 Å². The number of sulfonamides is 1. The number of carboxylic acid groups (broad SMARTS) is 1. The van der Waals surface area contributed by atoms with Gasteiger partial charge < -0.3 is 9.90 Å². The average molecular weight is 370 g/mol. The van der Waals surface area contributed by atoms with E-state index in [1.807, 2.05) is 0 Å². The molecule has 0 aliphatic heterocycles. The molecule has 0 unspecified atom stereocenters. The van der Waals surface area contributed by atoms with Crippen LogP contribution in [0, 0.1) is 17.0 Å². The first-order valence-corrected chi connectivity index (χ1v) is 8.26. The zero-order valence-electron chi connectivity index (χ0n) is 12.1. The molecule has 0 atom stereocenters. The Hall–Kier alpha value is -2.65. The van der Waals surface area contributed by atoms with Gasteiger partial charge in [-0.2, -0.15) is 0 Å². The van der Waals surface area contributed by atoms with Gasteiger partial charge in [-0.25, -0.2) is 8.42 Å².